The molecule has 1 aromatic rings. The van der Waals surface area contributed by atoms with Gasteiger partial charge in [0.1, 0.15) is 5.75 Å². The van der Waals surface area contributed by atoms with Crippen LogP contribution in [0.2, 0.25) is 0 Å². The molecule has 2 nitrogen and oxygen atoms in total. The number of para-hydroxylation sites is 1. The van der Waals surface area contributed by atoms with Crippen molar-refractivity contribution in [1.29, 1.82) is 0 Å². The molecule has 18 heavy (non-hydrogen) atoms. The maximum Gasteiger partial charge on any atom is 0.122 e. The first-order valence-electron chi connectivity index (χ1n) is 6.71. The van der Waals surface area contributed by atoms with E-state index in [9.17, 15) is 0 Å². The van der Waals surface area contributed by atoms with Crippen LogP contribution in [-0.2, 0) is 0 Å². The van der Waals surface area contributed by atoms with E-state index in [2.05, 4.69) is 31.3 Å². The van der Waals surface area contributed by atoms with E-state index >= 15 is 0 Å². The number of halogens is 1. The van der Waals surface area contributed by atoms with Crippen molar-refractivity contribution in [2.45, 2.75) is 38.1 Å². The monoisotopic (exact) mass is 267 g/mol. The zero-order valence-electron chi connectivity index (χ0n) is 11.2. The van der Waals surface area contributed by atoms with Gasteiger partial charge in [-0.15, -0.1) is 11.6 Å². The van der Waals surface area contributed by atoms with Crippen molar-refractivity contribution < 1.29 is 4.74 Å². The first-order chi connectivity index (χ1) is 8.68. The van der Waals surface area contributed by atoms with Crippen LogP contribution in [0.25, 0.3) is 0 Å². The van der Waals surface area contributed by atoms with Crippen LogP contribution in [0.15, 0.2) is 24.3 Å². The second-order valence-electron chi connectivity index (χ2n) is 5.28. The lowest BCUT2D eigenvalue weighted by Crippen LogP contribution is -2.44. The van der Waals surface area contributed by atoms with Gasteiger partial charge >= 0.3 is 0 Å². The molecule has 2 rings (SSSR count). The molecule has 1 aliphatic rings. The minimum absolute atomic E-state index is 0.138. The minimum Gasteiger partial charge on any atom is -0.493 e. The van der Waals surface area contributed by atoms with Gasteiger partial charge in [-0.25, -0.2) is 0 Å². The van der Waals surface area contributed by atoms with Gasteiger partial charge in [-0.2, -0.15) is 0 Å². The van der Waals surface area contributed by atoms with Gasteiger partial charge in [0, 0.05) is 29.4 Å². The lowest BCUT2D eigenvalue weighted by Gasteiger charge is -2.30. The molecule has 0 saturated carbocycles. The first-order valence-corrected chi connectivity index (χ1v) is 7.24. The summed E-state index contributed by atoms with van der Waals surface area (Å²) in [6.45, 7) is 6.20. The maximum atomic E-state index is 5.88. The molecule has 0 spiro atoms. The molecule has 0 amide bonds. The van der Waals surface area contributed by atoms with Gasteiger partial charge in [-0.1, -0.05) is 25.1 Å². The van der Waals surface area contributed by atoms with E-state index in [0.29, 0.717) is 11.8 Å². The number of nitrogens with one attached hydrogen (secondary N) is 1. The Morgan fingerprint density at radius 1 is 1.44 bits per heavy atom. The van der Waals surface area contributed by atoms with Gasteiger partial charge in [0.25, 0.3) is 0 Å². The van der Waals surface area contributed by atoms with E-state index in [0.717, 1.165) is 31.7 Å². The van der Waals surface area contributed by atoms with Gasteiger partial charge in [0.05, 0.1) is 6.61 Å². The molecular formula is C15H22ClNO. The third-order valence-corrected chi connectivity index (χ3v) is 4.19. The van der Waals surface area contributed by atoms with Gasteiger partial charge < -0.3 is 10.1 Å². The fourth-order valence-electron chi connectivity index (χ4n) is 2.37. The first kappa shape index (κ1) is 13.7. The quantitative estimate of drug-likeness (QED) is 0.796. The summed E-state index contributed by atoms with van der Waals surface area (Å²) in [6, 6.07) is 8.32. The summed E-state index contributed by atoms with van der Waals surface area (Å²) in [7, 11) is 0. The largest absolute Gasteiger partial charge is 0.493 e. The van der Waals surface area contributed by atoms with Crippen molar-refractivity contribution >= 4 is 11.6 Å². The van der Waals surface area contributed by atoms with Crippen LogP contribution in [-0.4, -0.2) is 24.6 Å². The van der Waals surface area contributed by atoms with Gasteiger partial charge in [0.15, 0.2) is 0 Å². The Balaban J connectivity index is 1.96. The van der Waals surface area contributed by atoms with Crippen LogP contribution in [0.1, 0.15) is 38.2 Å². The van der Waals surface area contributed by atoms with E-state index in [-0.39, 0.29) is 5.54 Å². The van der Waals surface area contributed by atoms with Crippen LogP contribution in [0.4, 0.5) is 0 Å². The van der Waals surface area contributed by atoms with Crippen molar-refractivity contribution in [3.05, 3.63) is 29.8 Å². The predicted octanol–water partition coefficient (Wildman–Crippen LogP) is 3.55. The van der Waals surface area contributed by atoms with Crippen LogP contribution >= 0.6 is 11.6 Å². The average Bonchev–Trinajstić information content (AvgIpc) is 2.80. The zero-order chi connectivity index (χ0) is 13.0. The normalized spacial score (nSPS) is 21.2. The molecule has 1 aliphatic heterocycles. The summed E-state index contributed by atoms with van der Waals surface area (Å²) < 4.78 is 5.70. The van der Waals surface area contributed by atoms with E-state index in [1.165, 1.54) is 5.56 Å². The number of benzene rings is 1. The third-order valence-electron chi connectivity index (χ3n) is 4.00. The molecule has 1 heterocycles. The highest BCUT2D eigenvalue weighted by Gasteiger charge is 2.27. The summed E-state index contributed by atoms with van der Waals surface area (Å²) in [4.78, 5) is 0. The van der Waals surface area contributed by atoms with Crippen LogP contribution in [0.3, 0.4) is 0 Å². The molecule has 0 bridgehead atoms. The van der Waals surface area contributed by atoms with Gasteiger partial charge in [-0.3, -0.25) is 0 Å². The van der Waals surface area contributed by atoms with E-state index in [1.807, 2.05) is 12.1 Å². The molecule has 1 N–H and O–H groups in total. The topological polar surface area (TPSA) is 21.3 Å². The Kier molecular flexibility index (Phi) is 4.52. The third kappa shape index (κ3) is 2.99. The second kappa shape index (κ2) is 5.94. The SMILES string of the molecule is CCC(C)(CCCl)NCC1COc2ccccc21. The number of alkyl halides is 1. The molecule has 0 radical (unpaired) electrons. The Hall–Kier alpha value is -0.730. The van der Waals surface area contributed by atoms with E-state index in [1.54, 1.807) is 0 Å². The number of fused-ring (bicyclic) bond motifs is 1. The van der Waals surface area contributed by atoms with Crippen molar-refractivity contribution in [2.24, 2.45) is 0 Å². The minimum atomic E-state index is 0.138. The van der Waals surface area contributed by atoms with Crippen LogP contribution in [0, 0.1) is 0 Å². The highest BCUT2D eigenvalue weighted by molar-refractivity contribution is 6.17. The summed E-state index contributed by atoms with van der Waals surface area (Å²) >= 11 is 5.88. The summed E-state index contributed by atoms with van der Waals surface area (Å²) in [6.07, 6.45) is 2.09. The highest BCUT2D eigenvalue weighted by atomic mass is 35.5. The fourth-order valence-corrected chi connectivity index (χ4v) is 2.78. The predicted molar refractivity (Wildman–Crippen MR) is 76.7 cm³/mol. The molecule has 2 unspecified atom stereocenters. The average molecular weight is 268 g/mol. The van der Waals surface area contributed by atoms with Crippen molar-refractivity contribution in [1.82, 2.24) is 5.32 Å². The van der Waals surface area contributed by atoms with Gasteiger partial charge in [0.2, 0.25) is 0 Å². The Morgan fingerprint density at radius 2 is 2.22 bits per heavy atom. The number of hydrogen-bond donors (Lipinski definition) is 1. The molecular weight excluding hydrogens is 246 g/mol. The van der Waals surface area contributed by atoms with Crippen molar-refractivity contribution in [2.75, 3.05) is 19.0 Å². The Bertz CT molecular complexity index is 396. The number of rotatable bonds is 6. The standard InChI is InChI=1S/C15H22ClNO/c1-3-15(2,8-9-16)17-10-12-11-18-14-7-5-4-6-13(12)14/h4-7,12,17H,3,8-11H2,1-2H3. The number of hydrogen-bond acceptors (Lipinski definition) is 2. The molecule has 0 saturated heterocycles. The molecule has 1 aromatic carbocycles. The number of ether oxygens (including phenoxy) is 1. The van der Waals surface area contributed by atoms with E-state index < -0.39 is 0 Å². The van der Waals surface area contributed by atoms with Crippen molar-refractivity contribution in [3.63, 3.8) is 0 Å². The summed E-state index contributed by atoms with van der Waals surface area (Å²) in [5.74, 6) is 2.21. The molecule has 2 atom stereocenters. The lowest BCUT2D eigenvalue weighted by molar-refractivity contribution is 0.289. The van der Waals surface area contributed by atoms with Crippen molar-refractivity contribution in [3.8, 4) is 5.75 Å². The molecule has 0 aliphatic carbocycles. The molecule has 0 fully saturated rings. The van der Waals surface area contributed by atoms with E-state index in [4.69, 9.17) is 16.3 Å². The summed E-state index contributed by atoms with van der Waals surface area (Å²) in [5.41, 5.74) is 1.47. The molecule has 0 aromatic heterocycles. The van der Waals surface area contributed by atoms with Crippen LogP contribution < -0.4 is 10.1 Å². The highest BCUT2D eigenvalue weighted by Crippen LogP contribution is 2.33. The van der Waals surface area contributed by atoms with Crippen LogP contribution in [0.5, 0.6) is 5.75 Å². The fraction of sp³-hybridized carbons (Fsp3) is 0.600. The zero-order valence-corrected chi connectivity index (χ0v) is 12.0. The smallest absolute Gasteiger partial charge is 0.122 e. The molecule has 3 heteroatoms. The molecule has 100 valence electrons. The summed E-state index contributed by atoms with van der Waals surface area (Å²) in [5, 5.41) is 3.67. The Morgan fingerprint density at radius 3 is 2.94 bits per heavy atom. The van der Waals surface area contributed by atoms with Gasteiger partial charge in [-0.05, 0) is 25.8 Å². The lowest BCUT2D eigenvalue weighted by atomic mass is 9.93. The maximum absolute atomic E-state index is 5.88. The Labute approximate surface area is 115 Å². The second-order valence-corrected chi connectivity index (χ2v) is 5.66.